The molecule has 0 bridgehead atoms. The first kappa shape index (κ1) is 29.8. The zero-order valence-corrected chi connectivity index (χ0v) is 14.7. The fourth-order valence-electron chi connectivity index (χ4n) is 2.01. The van der Waals surface area contributed by atoms with Crippen molar-refractivity contribution in [3.05, 3.63) is 0 Å². The van der Waals surface area contributed by atoms with Gasteiger partial charge in [-0.2, -0.15) is 74.6 Å². The van der Waals surface area contributed by atoms with Crippen LogP contribution in [0.15, 0.2) is 0 Å². The Morgan fingerprint density at radius 1 is 0.516 bits per heavy atom. The van der Waals surface area contributed by atoms with Crippen molar-refractivity contribution in [3.8, 4) is 0 Å². The van der Waals surface area contributed by atoms with E-state index in [1.807, 2.05) is 0 Å². The van der Waals surface area contributed by atoms with E-state index in [4.69, 9.17) is 0 Å². The molecule has 1 unspecified atom stereocenters. The third-order valence-electron chi connectivity index (χ3n) is 4.08. The van der Waals surface area contributed by atoms with E-state index in [9.17, 15) is 74.6 Å². The number of alkyl halides is 17. The zero-order valence-electron chi connectivity index (χ0n) is 14.7. The molecule has 18 heteroatoms. The van der Waals surface area contributed by atoms with E-state index in [-0.39, 0.29) is 6.42 Å². The molecule has 0 aromatic rings. The average Bonchev–Trinajstić information content (AvgIpc) is 2.57. The van der Waals surface area contributed by atoms with Gasteiger partial charge in [0.2, 0.25) is 0 Å². The quantitative estimate of drug-likeness (QED) is 0.337. The van der Waals surface area contributed by atoms with Crippen LogP contribution in [0, 0.1) is 0 Å². The van der Waals surface area contributed by atoms with E-state index in [0.717, 1.165) is 0 Å². The Kier molecular flexibility index (Phi) is 7.65. The third-order valence-corrected chi connectivity index (χ3v) is 4.08. The van der Waals surface area contributed by atoms with Crippen molar-refractivity contribution >= 4 is 0 Å². The van der Waals surface area contributed by atoms with Crippen LogP contribution in [0.2, 0.25) is 0 Å². The molecular formula is C13H12F17N. The Morgan fingerprint density at radius 2 is 0.806 bits per heavy atom. The van der Waals surface area contributed by atoms with Crippen LogP contribution in [0.1, 0.15) is 26.2 Å². The molecule has 0 aliphatic rings. The summed E-state index contributed by atoms with van der Waals surface area (Å²) < 4.78 is 222. The minimum absolute atomic E-state index is 0.112. The number of nitrogens with two attached hydrogens (primary N) is 1. The molecule has 0 aromatic carbocycles. The van der Waals surface area contributed by atoms with Crippen LogP contribution < -0.4 is 5.73 Å². The molecule has 0 spiro atoms. The van der Waals surface area contributed by atoms with Gasteiger partial charge in [0.25, 0.3) is 0 Å². The second-order valence-corrected chi connectivity index (χ2v) is 6.32. The molecule has 0 aliphatic heterocycles. The van der Waals surface area contributed by atoms with E-state index in [0.29, 0.717) is 0 Å². The Hall–Kier alpha value is -1.23. The molecule has 31 heavy (non-hydrogen) atoms. The van der Waals surface area contributed by atoms with E-state index in [2.05, 4.69) is 5.73 Å². The standard InChI is InChI=1S/C13H12F17N/c1-2-3-4-5(31)6(14,15)7(16,17)8(18,19)9(20,21)10(22,23)11(24,25)12(26,27)13(28,29)30/h5H,2-4,31H2,1H3. The van der Waals surface area contributed by atoms with Crippen LogP contribution >= 0.6 is 0 Å². The smallest absolute Gasteiger partial charge is 0.322 e. The summed E-state index contributed by atoms with van der Waals surface area (Å²) in [5.41, 5.74) is 4.47. The molecule has 0 fully saturated rings. The molecule has 0 saturated heterocycles. The topological polar surface area (TPSA) is 26.0 Å². The van der Waals surface area contributed by atoms with Gasteiger partial charge in [0.1, 0.15) is 0 Å². The van der Waals surface area contributed by atoms with E-state index < -0.39 is 66.5 Å². The monoisotopic (exact) mass is 505 g/mol. The number of unbranched alkanes of at least 4 members (excludes halogenated alkanes) is 1. The summed E-state index contributed by atoms with van der Waals surface area (Å²) >= 11 is 0. The minimum Gasteiger partial charge on any atom is -0.322 e. The molecule has 0 rings (SSSR count). The zero-order chi connectivity index (χ0) is 25.7. The van der Waals surface area contributed by atoms with Gasteiger partial charge in [-0.3, -0.25) is 0 Å². The van der Waals surface area contributed by atoms with Crippen molar-refractivity contribution in [2.75, 3.05) is 0 Å². The van der Waals surface area contributed by atoms with Gasteiger partial charge in [-0.25, -0.2) is 0 Å². The SMILES string of the molecule is CCCCC(N)C(F)(F)C(F)(F)C(F)(F)C(F)(F)C(F)(F)C(F)(F)C(F)(F)C(F)(F)F. The molecule has 188 valence electrons. The second-order valence-electron chi connectivity index (χ2n) is 6.32. The van der Waals surface area contributed by atoms with Crippen LogP contribution in [-0.2, 0) is 0 Å². The normalized spacial score (nSPS) is 17.1. The Morgan fingerprint density at radius 3 is 1.10 bits per heavy atom. The van der Waals surface area contributed by atoms with Gasteiger partial charge in [-0.15, -0.1) is 0 Å². The van der Waals surface area contributed by atoms with Crippen LogP contribution in [0.5, 0.6) is 0 Å². The first-order valence-electron chi connectivity index (χ1n) is 7.70. The predicted octanol–water partition coefficient (Wildman–Crippen LogP) is 6.51. The lowest BCUT2D eigenvalue weighted by Crippen LogP contribution is -2.75. The van der Waals surface area contributed by atoms with Gasteiger partial charge in [0, 0.05) is 0 Å². The molecule has 0 heterocycles. The highest BCUT2D eigenvalue weighted by molar-refractivity contribution is 5.16. The van der Waals surface area contributed by atoms with Gasteiger partial charge >= 0.3 is 47.6 Å². The van der Waals surface area contributed by atoms with Gasteiger partial charge in [0.15, 0.2) is 0 Å². The van der Waals surface area contributed by atoms with Crippen LogP contribution in [-0.4, -0.2) is 53.7 Å². The van der Waals surface area contributed by atoms with E-state index in [1.54, 1.807) is 0 Å². The summed E-state index contributed by atoms with van der Waals surface area (Å²) in [6.07, 6.45) is -9.71. The molecule has 0 amide bonds. The second kappa shape index (κ2) is 7.97. The van der Waals surface area contributed by atoms with Crippen molar-refractivity contribution in [1.29, 1.82) is 0 Å². The molecule has 1 nitrogen and oxygen atoms in total. The number of hydrogen-bond acceptors (Lipinski definition) is 1. The van der Waals surface area contributed by atoms with Crippen LogP contribution in [0.3, 0.4) is 0 Å². The molecular weight excluding hydrogens is 493 g/mol. The van der Waals surface area contributed by atoms with Crippen molar-refractivity contribution in [2.24, 2.45) is 5.73 Å². The fraction of sp³-hybridized carbons (Fsp3) is 1.00. The summed E-state index contributed by atoms with van der Waals surface area (Å²) in [6, 6.07) is -3.45. The maximum absolute atomic E-state index is 13.6. The maximum atomic E-state index is 13.6. The summed E-state index contributed by atoms with van der Waals surface area (Å²) in [7, 11) is 0. The van der Waals surface area contributed by atoms with Crippen LogP contribution in [0.25, 0.3) is 0 Å². The third kappa shape index (κ3) is 4.00. The first-order chi connectivity index (χ1) is 13.2. The Bertz CT molecular complexity index is 620. The molecule has 2 N–H and O–H groups in total. The number of hydrogen-bond donors (Lipinski definition) is 1. The summed E-state index contributed by atoms with van der Waals surface area (Å²) in [4.78, 5) is 0. The molecule has 0 radical (unpaired) electrons. The van der Waals surface area contributed by atoms with E-state index >= 15 is 0 Å². The fourth-order valence-corrected chi connectivity index (χ4v) is 2.01. The minimum atomic E-state index is -8.62. The lowest BCUT2D eigenvalue weighted by molar-refractivity contribution is -0.462. The summed E-state index contributed by atoms with van der Waals surface area (Å²) in [5.74, 6) is -56.3. The Labute approximate surface area is 161 Å². The van der Waals surface area contributed by atoms with Gasteiger partial charge in [-0.05, 0) is 6.42 Å². The van der Waals surface area contributed by atoms with Gasteiger partial charge < -0.3 is 5.73 Å². The maximum Gasteiger partial charge on any atom is 0.460 e. The predicted molar refractivity (Wildman–Crippen MR) is 68.2 cm³/mol. The van der Waals surface area contributed by atoms with Crippen LogP contribution in [0.4, 0.5) is 74.6 Å². The molecule has 0 saturated carbocycles. The van der Waals surface area contributed by atoms with Gasteiger partial charge in [0.05, 0.1) is 6.04 Å². The van der Waals surface area contributed by atoms with Crippen molar-refractivity contribution in [2.45, 2.75) is 79.9 Å². The average molecular weight is 505 g/mol. The highest BCUT2D eigenvalue weighted by atomic mass is 19.4. The first-order valence-corrected chi connectivity index (χ1v) is 7.70. The molecule has 1 atom stereocenters. The number of rotatable bonds is 10. The van der Waals surface area contributed by atoms with Gasteiger partial charge in [-0.1, -0.05) is 19.8 Å². The highest BCUT2D eigenvalue weighted by Crippen LogP contribution is 2.64. The molecule has 0 aliphatic carbocycles. The molecule has 0 aromatic heterocycles. The summed E-state index contributed by atoms with van der Waals surface area (Å²) in [5, 5.41) is 0. The van der Waals surface area contributed by atoms with Crippen molar-refractivity contribution in [1.82, 2.24) is 0 Å². The number of halogens is 17. The summed E-state index contributed by atoms with van der Waals surface area (Å²) in [6.45, 7) is 1.22. The Balaban J connectivity index is 6.63. The van der Waals surface area contributed by atoms with Crippen molar-refractivity contribution < 1.29 is 74.6 Å². The highest BCUT2D eigenvalue weighted by Gasteiger charge is 2.95. The largest absolute Gasteiger partial charge is 0.460 e. The van der Waals surface area contributed by atoms with E-state index in [1.165, 1.54) is 6.92 Å². The van der Waals surface area contributed by atoms with Crippen molar-refractivity contribution in [3.63, 3.8) is 0 Å². The lowest BCUT2D eigenvalue weighted by atomic mass is 9.86. The lowest BCUT2D eigenvalue weighted by Gasteiger charge is -2.43.